The third kappa shape index (κ3) is 2.35. The molecule has 0 radical (unpaired) electrons. The molecule has 0 saturated heterocycles. The van der Waals surface area contributed by atoms with E-state index < -0.39 is 11.5 Å². The number of nitriles is 1. The Kier molecular flexibility index (Phi) is 3.48. The fourth-order valence-corrected chi connectivity index (χ4v) is 3.30. The molecule has 2 heterocycles. The molecule has 25 heavy (non-hydrogen) atoms. The van der Waals surface area contributed by atoms with Gasteiger partial charge in [0.05, 0.1) is 28.8 Å². The lowest BCUT2D eigenvalue weighted by Crippen LogP contribution is -2.28. The van der Waals surface area contributed by atoms with Crippen molar-refractivity contribution < 1.29 is 4.42 Å². The van der Waals surface area contributed by atoms with Crippen LogP contribution in [-0.4, -0.2) is 0 Å². The number of halogens is 1. The maximum Gasteiger partial charge on any atom is 0.342 e. The summed E-state index contributed by atoms with van der Waals surface area (Å²) in [6, 6.07) is 16.3. The maximum atomic E-state index is 12.7. The predicted octanol–water partition coefficient (Wildman–Crippen LogP) is 3.70. The minimum absolute atomic E-state index is 0.228. The number of allylic oxidation sites excluding steroid dienone is 1. The van der Waals surface area contributed by atoms with Crippen molar-refractivity contribution in [1.29, 1.82) is 5.26 Å². The normalized spacial score (nSPS) is 16.2. The van der Waals surface area contributed by atoms with E-state index in [0.29, 0.717) is 21.9 Å². The van der Waals surface area contributed by atoms with Gasteiger partial charge >= 0.3 is 5.63 Å². The Morgan fingerprint density at radius 1 is 1.16 bits per heavy atom. The van der Waals surface area contributed by atoms with Crippen LogP contribution in [0.1, 0.15) is 17.0 Å². The van der Waals surface area contributed by atoms with Crippen LogP contribution in [0.15, 0.2) is 69.1 Å². The maximum absolute atomic E-state index is 12.7. The van der Waals surface area contributed by atoms with E-state index in [2.05, 4.69) is 11.4 Å². The third-order valence-corrected chi connectivity index (χ3v) is 4.55. The van der Waals surface area contributed by atoms with Gasteiger partial charge in [0.1, 0.15) is 11.4 Å². The first-order chi connectivity index (χ1) is 12.1. The van der Waals surface area contributed by atoms with Crippen LogP contribution in [-0.2, 0) is 0 Å². The molecule has 4 rings (SSSR count). The second kappa shape index (κ2) is 5.69. The molecule has 0 fully saturated rings. The van der Waals surface area contributed by atoms with Crippen LogP contribution in [0.5, 0.6) is 0 Å². The molecule has 0 aliphatic carbocycles. The fourth-order valence-electron chi connectivity index (χ4n) is 3.18. The molecular weight excluding hydrogens is 338 g/mol. The van der Waals surface area contributed by atoms with Crippen LogP contribution in [0, 0.1) is 11.3 Å². The largest absolute Gasteiger partial charge is 0.422 e. The monoisotopic (exact) mass is 349 g/mol. The van der Waals surface area contributed by atoms with Crippen molar-refractivity contribution in [2.24, 2.45) is 5.73 Å². The van der Waals surface area contributed by atoms with Crippen molar-refractivity contribution in [3.05, 3.63) is 86.5 Å². The summed E-state index contributed by atoms with van der Waals surface area (Å²) in [6.07, 6.45) is 0. The topological polar surface area (TPSA) is 92.0 Å². The quantitative estimate of drug-likeness (QED) is 0.653. The summed E-state index contributed by atoms with van der Waals surface area (Å²) >= 11 is 5.96. The number of rotatable bonds is 1. The lowest BCUT2D eigenvalue weighted by atomic mass is 9.82. The fraction of sp³-hybridized carbons (Fsp3) is 0.0526. The number of nitrogens with zero attached hydrogens (tertiary/aromatic N) is 1. The van der Waals surface area contributed by atoms with Gasteiger partial charge in [-0.15, -0.1) is 0 Å². The number of nitrogens with two attached hydrogens (primary N) is 1. The van der Waals surface area contributed by atoms with Crippen molar-refractivity contribution in [2.75, 3.05) is 5.32 Å². The summed E-state index contributed by atoms with van der Waals surface area (Å²) in [5.41, 5.74) is 8.01. The Hall–Kier alpha value is -3.23. The van der Waals surface area contributed by atoms with Gasteiger partial charge in [-0.2, -0.15) is 5.26 Å². The first-order valence-electron chi connectivity index (χ1n) is 7.58. The molecule has 5 nitrogen and oxygen atoms in total. The highest BCUT2D eigenvalue weighted by Gasteiger charge is 2.33. The molecule has 1 aliphatic heterocycles. The smallest absolute Gasteiger partial charge is 0.342 e. The van der Waals surface area contributed by atoms with Gasteiger partial charge in [-0.1, -0.05) is 35.9 Å². The highest BCUT2D eigenvalue weighted by atomic mass is 35.5. The molecule has 2 aromatic carbocycles. The summed E-state index contributed by atoms with van der Waals surface area (Å²) < 4.78 is 5.47. The summed E-state index contributed by atoms with van der Waals surface area (Å²) in [7, 11) is 0. The second-order valence-electron chi connectivity index (χ2n) is 5.72. The van der Waals surface area contributed by atoms with Crippen LogP contribution < -0.4 is 16.7 Å². The SMILES string of the molecule is N#CC1=C(N)Nc2c(c(=O)oc3ccccc23)C1c1ccc(Cl)cc1. The van der Waals surface area contributed by atoms with Crippen LogP contribution >= 0.6 is 11.6 Å². The molecule has 0 amide bonds. The van der Waals surface area contributed by atoms with Crippen LogP contribution in [0.4, 0.5) is 5.69 Å². The van der Waals surface area contributed by atoms with Crippen molar-refractivity contribution >= 4 is 28.3 Å². The molecule has 6 heteroatoms. The number of anilines is 1. The molecule has 1 unspecified atom stereocenters. The molecule has 0 saturated carbocycles. The highest BCUT2D eigenvalue weighted by molar-refractivity contribution is 6.30. The van der Waals surface area contributed by atoms with E-state index in [1.807, 2.05) is 12.1 Å². The van der Waals surface area contributed by atoms with Crippen LogP contribution in [0.2, 0.25) is 5.02 Å². The molecule has 0 spiro atoms. The summed E-state index contributed by atoms with van der Waals surface area (Å²) in [5.74, 6) is -0.384. The molecule has 0 bridgehead atoms. The van der Waals surface area contributed by atoms with E-state index in [4.69, 9.17) is 21.8 Å². The van der Waals surface area contributed by atoms with Gasteiger partial charge in [0.2, 0.25) is 0 Å². The van der Waals surface area contributed by atoms with Gasteiger partial charge < -0.3 is 15.5 Å². The van der Waals surface area contributed by atoms with E-state index in [1.165, 1.54) is 0 Å². The molecule has 122 valence electrons. The zero-order chi connectivity index (χ0) is 17.6. The highest BCUT2D eigenvalue weighted by Crippen LogP contribution is 2.41. The first-order valence-corrected chi connectivity index (χ1v) is 7.96. The van der Waals surface area contributed by atoms with Crippen molar-refractivity contribution in [3.63, 3.8) is 0 Å². The third-order valence-electron chi connectivity index (χ3n) is 4.30. The molecule has 3 N–H and O–H groups in total. The van der Waals surface area contributed by atoms with Gasteiger partial charge in [-0.3, -0.25) is 0 Å². The Labute approximate surface area is 147 Å². The van der Waals surface area contributed by atoms with Crippen LogP contribution in [0.25, 0.3) is 11.0 Å². The van der Waals surface area contributed by atoms with Gasteiger partial charge in [-0.05, 0) is 29.8 Å². The number of nitrogens with one attached hydrogen (secondary N) is 1. The van der Waals surface area contributed by atoms with Crippen molar-refractivity contribution in [3.8, 4) is 6.07 Å². The predicted molar refractivity (Wildman–Crippen MR) is 96.2 cm³/mol. The van der Waals surface area contributed by atoms with E-state index in [0.717, 1.165) is 10.9 Å². The second-order valence-corrected chi connectivity index (χ2v) is 6.16. The molecule has 3 aromatic rings. The summed E-state index contributed by atoms with van der Waals surface area (Å²) in [5, 5.41) is 13.9. The van der Waals surface area contributed by atoms with E-state index in [-0.39, 0.29) is 11.4 Å². The number of fused-ring (bicyclic) bond motifs is 3. The average Bonchev–Trinajstić information content (AvgIpc) is 2.61. The first kappa shape index (κ1) is 15.3. The average molecular weight is 350 g/mol. The Balaban J connectivity index is 2.08. The van der Waals surface area contributed by atoms with E-state index >= 15 is 0 Å². The molecule has 1 aromatic heterocycles. The summed E-state index contributed by atoms with van der Waals surface area (Å²) in [6.45, 7) is 0. The molecule has 1 atom stereocenters. The number of benzene rings is 2. The Bertz CT molecular complexity index is 1120. The van der Waals surface area contributed by atoms with Crippen molar-refractivity contribution in [2.45, 2.75) is 5.92 Å². The lowest BCUT2D eigenvalue weighted by Gasteiger charge is -2.27. The number of para-hydroxylation sites is 1. The van der Waals surface area contributed by atoms with Crippen molar-refractivity contribution in [1.82, 2.24) is 0 Å². The standard InChI is InChI=1S/C19H12ClN3O2/c20-11-7-5-10(6-8-11)15-13(9-21)18(22)23-17-12-3-1-2-4-14(12)25-19(24)16(15)17/h1-8,15,23H,22H2. The van der Waals surface area contributed by atoms with Crippen LogP contribution in [0.3, 0.4) is 0 Å². The van der Waals surface area contributed by atoms with Gasteiger partial charge in [0, 0.05) is 10.4 Å². The molecular formula is C19H12ClN3O2. The lowest BCUT2D eigenvalue weighted by molar-refractivity contribution is 0.548. The van der Waals surface area contributed by atoms with E-state index in [1.54, 1.807) is 36.4 Å². The number of hydrogen-bond acceptors (Lipinski definition) is 5. The van der Waals surface area contributed by atoms with Gasteiger partial charge in [0.15, 0.2) is 0 Å². The minimum atomic E-state index is -0.612. The Morgan fingerprint density at radius 2 is 1.88 bits per heavy atom. The summed E-state index contributed by atoms with van der Waals surface area (Å²) in [4.78, 5) is 12.7. The number of hydrogen-bond donors (Lipinski definition) is 2. The minimum Gasteiger partial charge on any atom is -0.422 e. The zero-order valence-corrected chi connectivity index (χ0v) is 13.7. The Morgan fingerprint density at radius 3 is 2.60 bits per heavy atom. The zero-order valence-electron chi connectivity index (χ0n) is 12.9. The van der Waals surface area contributed by atoms with Gasteiger partial charge in [-0.25, -0.2) is 4.79 Å². The van der Waals surface area contributed by atoms with E-state index in [9.17, 15) is 10.1 Å². The molecule has 1 aliphatic rings. The van der Waals surface area contributed by atoms with Gasteiger partial charge in [0.25, 0.3) is 0 Å².